The van der Waals surface area contributed by atoms with E-state index < -0.39 is 0 Å². The predicted octanol–water partition coefficient (Wildman–Crippen LogP) is 5.45. The summed E-state index contributed by atoms with van der Waals surface area (Å²) in [5, 5.41) is 0. The lowest BCUT2D eigenvalue weighted by atomic mass is 10.0. The van der Waals surface area contributed by atoms with Crippen LogP contribution in [0.3, 0.4) is 0 Å². The lowest BCUT2D eigenvalue weighted by Crippen LogP contribution is -2.46. The Morgan fingerprint density at radius 3 is 2.09 bits per heavy atom. The Kier molecular flexibility index (Phi) is 9.04. The van der Waals surface area contributed by atoms with Crippen molar-refractivity contribution in [2.75, 3.05) is 57.2 Å². The van der Waals surface area contributed by atoms with Gasteiger partial charge in [0.15, 0.2) is 0 Å². The third kappa shape index (κ3) is 7.23. The Bertz CT molecular complexity index is 998. The molecule has 186 valence electrons. The molecule has 4 rings (SSSR count). The van der Waals surface area contributed by atoms with Gasteiger partial charge >= 0.3 is 0 Å². The van der Waals surface area contributed by atoms with Crippen molar-refractivity contribution in [1.29, 1.82) is 0 Å². The number of hydrogen-bond acceptors (Lipinski definition) is 5. The molecule has 1 heterocycles. The van der Waals surface area contributed by atoms with Gasteiger partial charge in [0.25, 0.3) is 0 Å². The standard InChI is InChI=1S/C30H39N3O2/c1-31(2)27-11-9-25(10-12-27)23-32-19-17-29(18-20-32)33(21-22-34-3)28-13-15-30(16-14-28)35-24-26-7-5-4-6-8-26/h4-16,29H,17-24H2,1-3H3. The van der Waals surface area contributed by atoms with Crippen molar-refractivity contribution in [2.45, 2.75) is 32.0 Å². The van der Waals surface area contributed by atoms with Crippen LogP contribution < -0.4 is 14.5 Å². The quantitative estimate of drug-likeness (QED) is 0.369. The molecule has 0 unspecified atom stereocenters. The van der Waals surface area contributed by atoms with E-state index in [0.717, 1.165) is 51.4 Å². The van der Waals surface area contributed by atoms with Crippen LogP contribution in [0.2, 0.25) is 0 Å². The Morgan fingerprint density at radius 2 is 1.46 bits per heavy atom. The summed E-state index contributed by atoms with van der Waals surface area (Å²) in [6, 6.07) is 28.3. The van der Waals surface area contributed by atoms with Gasteiger partial charge in [-0.25, -0.2) is 0 Å². The molecule has 3 aromatic rings. The van der Waals surface area contributed by atoms with Crippen molar-refractivity contribution >= 4 is 11.4 Å². The van der Waals surface area contributed by atoms with Crippen LogP contribution >= 0.6 is 0 Å². The highest BCUT2D eigenvalue weighted by molar-refractivity contribution is 5.50. The molecule has 0 bridgehead atoms. The van der Waals surface area contributed by atoms with Gasteiger partial charge in [0.2, 0.25) is 0 Å². The Morgan fingerprint density at radius 1 is 0.800 bits per heavy atom. The molecule has 0 saturated carbocycles. The zero-order valence-electron chi connectivity index (χ0n) is 21.4. The highest BCUT2D eigenvalue weighted by Crippen LogP contribution is 2.27. The van der Waals surface area contributed by atoms with E-state index in [-0.39, 0.29) is 0 Å². The number of anilines is 2. The van der Waals surface area contributed by atoms with Gasteiger partial charge in [0.1, 0.15) is 12.4 Å². The summed E-state index contributed by atoms with van der Waals surface area (Å²) >= 11 is 0. The van der Waals surface area contributed by atoms with Crippen molar-refractivity contribution < 1.29 is 9.47 Å². The summed E-state index contributed by atoms with van der Waals surface area (Å²) in [6.45, 7) is 5.46. The summed E-state index contributed by atoms with van der Waals surface area (Å²) in [6.07, 6.45) is 2.32. The zero-order valence-corrected chi connectivity index (χ0v) is 21.4. The third-order valence-corrected chi connectivity index (χ3v) is 6.81. The highest BCUT2D eigenvalue weighted by atomic mass is 16.5. The maximum absolute atomic E-state index is 5.99. The van der Waals surface area contributed by atoms with Gasteiger partial charge in [-0.3, -0.25) is 4.90 Å². The Hall–Kier alpha value is -3.02. The molecule has 0 aromatic heterocycles. The first-order chi connectivity index (χ1) is 17.1. The van der Waals surface area contributed by atoms with E-state index in [1.165, 1.54) is 22.5 Å². The number of benzene rings is 3. The minimum absolute atomic E-state index is 0.522. The second-order valence-corrected chi connectivity index (χ2v) is 9.52. The van der Waals surface area contributed by atoms with Crippen LogP contribution in [0.1, 0.15) is 24.0 Å². The molecule has 5 nitrogen and oxygen atoms in total. The molecule has 1 aliphatic heterocycles. The summed E-state index contributed by atoms with van der Waals surface area (Å²) < 4.78 is 11.4. The first-order valence-electron chi connectivity index (χ1n) is 12.6. The first-order valence-corrected chi connectivity index (χ1v) is 12.6. The van der Waals surface area contributed by atoms with E-state index in [4.69, 9.17) is 9.47 Å². The summed E-state index contributed by atoms with van der Waals surface area (Å²) in [4.78, 5) is 7.25. The van der Waals surface area contributed by atoms with E-state index in [1.54, 1.807) is 7.11 Å². The molecule has 1 fully saturated rings. The van der Waals surface area contributed by atoms with Gasteiger partial charge in [-0.1, -0.05) is 42.5 Å². The second-order valence-electron chi connectivity index (χ2n) is 9.52. The normalized spacial score (nSPS) is 14.6. The molecular weight excluding hydrogens is 434 g/mol. The number of methoxy groups -OCH3 is 1. The number of nitrogens with zero attached hydrogens (tertiary/aromatic N) is 3. The summed E-state index contributed by atoms with van der Waals surface area (Å²) in [5.41, 5.74) is 5.06. The lowest BCUT2D eigenvalue weighted by Gasteiger charge is -2.40. The van der Waals surface area contributed by atoms with Crippen LogP contribution in [-0.2, 0) is 17.9 Å². The first kappa shape index (κ1) is 25.1. The van der Waals surface area contributed by atoms with Gasteiger partial charge in [-0.2, -0.15) is 0 Å². The zero-order chi connectivity index (χ0) is 24.5. The van der Waals surface area contributed by atoms with Gasteiger partial charge in [-0.05, 0) is 60.4 Å². The van der Waals surface area contributed by atoms with E-state index in [2.05, 4.69) is 89.5 Å². The maximum atomic E-state index is 5.99. The number of piperidine rings is 1. The van der Waals surface area contributed by atoms with E-state index in [0.29, 0.717) is 12.6 Å². The van der Waals surface area contributed by atoms with Gasteiger partial charge in [0.05, 0.1) is 6.61 Å². The van der Waals surface area contributed by atoms with Gasteiger partial charge < -0.3 is 19.3 Å². The minimum atomic E-state index is 0.522. The molecule has 0 atom stereocenters. The van der Waals surface area contributed by atoms with Crippen molar-refractivity contribution in [3.05, 3.63) is 90.0 Å². The number of hydrogen-bond donors (Lipinski definition) is 0. The van der Waals surface area contributed by atoms with Crippen LogP contribution in [0, 0.1) is 0 Å². The van der Waals surface area contributed by atoms with Crippen LogP contribution in [0.4, 0.5) is 11.4 Å². The molecule has 0 radical (unpaired) electrons. The average Bonchev–Trinajstić information content (AvgIpc) is 2.90. The number of likely N-dealkylation sites (tertiary alicyclic amines) is 1. The largest absolute Gasteiger partial charge is 0.489 e. The second kappa shape index (κ2) is 12.6. The lowest BCUT2D eigenvalue weighted by molar-refractivity contribution is 0.182. The maximum Gasteiger partial charge on any atom is 0.119 e. The molecule has 1 saturated heterocycles. The minimum Gasteiger partial charge on any atom is -0.489 e. The van der Waals surface area contributed by atoms with E-state index >= 15 is 0 Å². The monoisotopic (exact) mass is 473 g/mol. The van der Waals surface area contributed by atoms with Crippen molar-refractivity contribution in [1.82, 2.24) is 4.90 Å². The average molecular weight is 474 g/mol. The topological polar surface area (TPSA) is 28.2 Å². The van der Waals surface area contributed by atoms with Crippen LogP contribution in [0.15, 0.2) is 78.9 Å². The van der Waals surface area contributed by atoms with Gasteiger partial charge in [-0.15, -0.1) is 0 Å². The fraction of sp³-hybridized carbons (Fsp3) is 0.400. The molecule has 0 spiro atoms. The van der Waals surface area contributed by atoms with Crippen molar-refractivity contribution in [3.63, 3.8) is 0 Å². The van der Waals surface area contributed by atoms with Crippen molar-refractivity contribution in [2.24, 2.45) is 0 Å². The number of ether oxygens (including phenoxy) is 2. The summed E-state index contributed by atoms with van der Waals surface area (Å²) in [7, 11) is 5.95. The van der Waals surface area contributed by atoms with Crippen molar-refractivity contribution in [3.8, 4) is 5.75 Å². The fourth-order valence-corrected chi connectivity index (χ4v) is 4.73. The molecule has 0 aliphatic carbocycles. The SMILES string of the molecule is COCCN(c1ccc(OCc2ccccc2)cc1)C1CCN(Cc2ccc(N(C)C)cc2)CC1. The Balaban J connectivity index is 1.32. The van der Waals surface area contributed by atoms with Gasteiger partial charge in [0, 0.05) is 64.8 Å². The van der Waals surface area contributed by atoms with Crippen LogP contribution in [-0.4, -0.2) is 58.4 Å². The number of rotatable bonds is 11. The molecule has 5 heteroatoms. The third-order valence-electron chi connectivity index (χ3n) is 6.81. The molecule has 3 aromatic carbocycles. The predicted molar refractivity (Wildman–Crippen MR) is 146 cm³/mol. The molecule has 0 amide bonds. The highest BCUT2D eigenvalue weighted by Gasteiger charge is 2.25. The molecular formula is C30H39N3O2. The molecule has 1 aliphatic rings. The Labute approximate surface area is 210 Å². The molecule has 35 heavy (non-hydrogen) atoms. The van der Waals surface area contributed by atoms with Crippen LogP contribution in [0.5, 0.6) is 5.75 Å². The smallest absolute Gasteiger partial charge is 0.119 e. The molecule has 0 N–H and O–H groups in total. The van der Waals surface area contributed by atoms with Crippen LogP contribution in [0.25, 0.3) is 0 Å². The fourth-order valence-electron chi connectivity index (χ4n) is 4.73. The van der Waals surface area contributed by atoms with E-state index in [9.17, 15) is 0 Å². The summed E-state index contributed by atoms with van der Waals surface area (Å²) in [5.74, 6) is 0.902. The van der Waals surface area contributed by atoms with E-state index in [1.807, 2.05) is 18.2 Å².